The van der Waals surface area contributed by atoms with Gasteiger partial charge in [-0.25, -0.2) is 8.42 Å². The molecular formula is C22H21N3O3S. The molecule has 2 aromatic carbocycles. The van der Waals surface area contributed by atoms with E-state index in [0.29, 0.717) is 17.8 Å². The van der Waals surface area contributed by atoms with E-state index in [1.54, 1.807) is 48.8 Å². The van der Waals surface area contributed by atoms with Gasteiger partial charge in [0.2, 0.25) is 0 Å². The summed E-state index contributed by atoms with van der Waals surface area (Å²) in [7, 11) is -3.71. The first-order valence-electron chi connectivity index (χ1n) is 9.41. The number of para-hydroxylation sites is 1. The lowest BCUT2D eigenvalue weighted by Crippen LogP contribution is -2.32. The third kappa shape index (κ3) is 4.63. The molecule has 4 rings (SSSR count). The molecule has 0 atom stereocenters. The first-order chi connectivity index (χ1) is 14.0. The number of amides is 1. The minimum Gasteiger partial charge on any atom is -0.331 e. The van der Waals surface area contributed by atoms with Crippen LogP contribution in [0.3, 0.4) is 0 Å². The van der Waals surface area contributed by atoms with Crippen LogP contribution in [0.2, 0.25) is 0 Å². The van der Waals surface area contributed by atoms with E-state index in [0.717, 1.165) is 18.4 Å². The Morgan fingerprint density at radius 2 is 1.62 bits per heavy atom. The molecule has 29 heavy (non-hydrogen) atoms. The summed E-state index contributed by atoms with van der Waals surface area (Å²) in [6.45, 7) is 0.516. The van der Waals surface area contributed by atoms with Crippen molar-refractivity contribution in [2.45, 2.75) is 30.3 Å². The number of benzene rings is 2. The molecule has 3 aromatic rings. The summed E-state index contributed by atoms with van der Waals surface area (Å²) >= 11 is 0. The van der Waals surface area contributed by atoms with Crippen molar-refractivity contribution in [3.8, 4) is 0 Å². The summed E-state index contributed by atoms with van der Waals surface area (Å²) < 4.78 is 27.7. The van der Waals surface area contributed by atoms with Crippen LogP contribution < -0.4 is 4.72 Å². The Kier molecular flexibility index (Phi) is 5.31. The minimum atomic E-state index is -3.71. The number of hydrogen-bond donors (Lipinski definition) is 1. The standard InChI is InChI=1S/C22H21N3O3S/c26-22(25(20-8-9-20)16-17-12-14-23-15-13-17)18-6-10-21(11-7-18)29(27,28)24-19-4-2-1-3-5-19/h1-7,10-15,20,24H,8-9,16H2. The van der Waals surface area contributed by atoms with Crippen LogP contribution >= 0.6 is 0 Å². The van der Waals surface area contributed by atoms with E-state index in [4.69, 9.17) is 0 Å². The lowest BCUT2D eigenvalue weighted by molar-refractivity contribution is 0.0730. The number of aromatic nitrogens is 1. The predicted octanol–water partition coefficient (Wildman–Crippen LogP) is 3.69. The van der Waals surface area contributed by atoms with Crippen molar-refractivity contribution in [1.29, 1.82) is 0 Å². The van der Waals surface area contributed by atoms with Gasteiger partial charge in [-0.05, 0) is 66.9 Å². The van der Waals surface area contributed by atoms with Crippen LogP contribution in [0.1, 0.15) is 28.8 Å². The maximum atomic E-state index is 13.0. The molecule has 0 radical (unpaired) electrons. The average molecular weight is 407 g/mol. The van der Waals surface area contributed by atoms with Crippen LogP contribution in [0.15, 0.2) is 84.0 Å². The number of hydrogen-bond acceptors (Lipinski definition) is 4. The second kappa shape index (κ2) is 8.05. The normalized spacial score (nSPS) is 13.7. The van der Waals surface area contributed by atoms with Crippen molar-refractivity contribution >= 4 is 21.6 Å². The first kappa shape index (κ1) is 19.1. The van der Waals surface area contributed by atoms with Crippen molar-refractivity contribution in [3.05, 3.63) is 90.3 Å². The topological polar surface area (TPSA) is 79.4 Å². The third-order valence-electron chi connectivity index (χ3n) is 4.79. The highest BCUT2D eigenvalue weighted by Crippen LogP contribution is 2.30. The van der Waals surface area contributed by atoms with Crippen molar-refractivity contribution in [3.63, 3.8) is 0 Å². The number of rotatable bonds is 7. The molecule has 1 N–H and O–H groups in total. The van der Waals surface area contributed by atoms with Crippen molar-refractivity contribution in [2.24, 2.45) is 0 Å². The number of carbonyl (C=O) groups is 1. The fraction of sp³-hybridized carbons (Fsp3) is 0.182. The van der Waals surface area contributed by atoms with Gasteiger partial charge in [-0.15, -0.1) is 0 Å². The molecule has 1 aliphatic carbocycles. The second-order valence-corrected chi connectivity index (χ2v) is 8.70. The SMILES string of the molecule is O=C(c1ccc(S(=O)(=O)Nc2ccccc2)cc1)N(Cc1ccncc1)C1CC1. The summed E-state index contributed by atoms with van der Waals surface area (Å²) in [6.07, 6.45) is 5.41. The molecule has 7 heteroatoms. The smallest absolute Gasteiger partial charge is 0.261 e. The number of nitrogens with one attached hydrogen (secondary N) is 1. The van der Waals surface area contributed by atoms with E-state index in [1.165, 1.54) is 12.1 Å². The van der Waals surface area contributed by atoms with Crippen LogP contribution in [-0.4, -0.2) is 30.3 Å². The maximum absolute atomic E-state index is 13.0. The first-order valence-corrected chi connectivity index (χ1v) is 10.9. The van der Waals surface area contributed by atoms with Crippen LogP contribution in [0.25, 0.3) is 0 Å². The van der Waals surface area contributed by atoms with E-state index in [1.807, 2.05) is 23.1 Å². The number of pyridine rings is 1. The zero-order valence-corrected chi connectivity index (χ0v) is 16.5. The number of carbonyl (C=O) groups excluding carboxylic acids is 1. The fourth-order valence-electron chi connectivity index (χ4n) is 3.10. The Hall–Kier alpha value is -3.19. The van der Waals surface area contributed by atoms with Crippen molar-refractivity contribution in [2.75, 3.05) is 4.72 Å². The lowest BCUT2D eigenvalue weighted by Gasteiger charge is -2.22. The Morgan fingerprint density at radius 3 is 2.24 bits per heavy atom. The molecule has 0 aliphatic heterocycles. The molecule has 0 unspecified atom stereocenters. The van der Waals surface area contributed by atoms with Crippen LogP contribution in [0.5, 0.6) is 0 Å². The largest absolute Gasteiger partial charge is 0.331 e. The Bertz CT molecular complexity index is 1080. The van der Waals surface area contributed by atoms with Gasteiger partial charge in [0.25, 0.3) is 15.9 Å². The molecule has 1 aliphatic rings. The van der Waals surface area contributed by atoms with Crippen LogP contribution in [0.4, 0.5) is 5.69 Å². The quantitative estimate of drug-likeness (QED) is 0.648. The molecule has 0 saturated heterocycles. The molecule has 1 amide bonds. The molecule has 1 fully saturated rings. The van der Waals surface area contributed by atoms with Gasteiger partial charge < -0.3 is 4.90 Å². The Balaban J connectivity index is 1.51. The highest BCUT2D eigenvalue weighted by molar-refractivity contribution is 7.92. The second-order valence-electron chi connectivity index (χ2n) is 7.02. The molecule has 1 aromatic heterocycles. The molecular weight excluding hydrogens is 386 g/mol. The number of nitrogens with zero attached hydrogens (tertiary/aromatic N) is 2. The number of sulfonamides is 1. The molecule has 148 valence electrons. The van der Waals surface area contributed by atoms with Gasteiger partial charge in [-0.3, -0.25) is 14.5 Å². The fourth-order valence-corrected chi connectivity index (χ4v) is 4.16. The highest BCUT2D eigenvalue weighted by atomic mass is 32.2. The lowest BCUT2D eigenvalue weighted by atomic mass is 10.1. The summed E-state index contributed by atoms with van der Waals surface area (Å²) in [4.78, 5) is 19.0. The zero-order valence-electron chi connectivity index (χ0n) is 15.7. The van der Waals surface area contributed by atoms with Crippen molar-refractivity contribution < 1.29 is 13.2 Å². The van der Waals surface area contributed by atoms with Gasteiger partial charge in [-0.1, -0.05) is 18.2 Å². The molecule has 1 heterocycles. The summed E-state index contributed by atoms with van der Waals surface area (Å²) in [5.74, 6) is -0.0933. The van der Waals surface area contributed by atoms with Gasteiger partial charge in [0.1, 0.15) is 0 Å². The zero-order chi connectivity index (χ0) is 20.3. The van der Waals surface area contributed by atoms with Gasteiger partial charge in [0, 0.05) is 36.2 Å². The maximum Gasteiger partial charge on any atom is 0.261 e. The molecule has 0 spiro atoms. The average Bonchev–Trinajstić information content (AvgIpc) is 3.58. The van der Waals surface area contributed by atoms with E-state index < -0.39 is 10.0 Å². The van der Waals surface area contributed by atoms with E-state index in [2.05, 4.69) is 9.71 Å². The van der Waals surface area contributed by atoms with E-state index >= 15 is 0 Å². The number of anilines is 1. The van der Waals surface area contributed by atoms with Crippen molar-refractivity contribution in [1.82, 2.24) is 9.88 Å². The monoisotopic (exact) mass is 407 g/mol. The van der Waals surface area contributed by atoms with E-state index in [9.17, 15) is 13.2 Å². The van der Waals surface area contributed by atoms with Crippen LogP contribution in [0, 0.1) is 0 Å². The third-order valence-corrected chi connectivity index (χ3v) is 6.19. The highest BCUT2D eigenvalue weighted by Gasteiger charge is 2.33. The van der Waals surface area contributed by atoms with Gasteiger partial charge in [-0.2, -0.15) is 0 Å². The van der Waals surface area contributed by atoms with E-state index in [-0.39, 0.29) is 16.8 Å². The molecule has 0 bridgehead atoms. The molecule has 6 nitrogen and oxygen atoms in total. The van der Waals surface area contributed by atoms with Crippen LogP contribution in [-0.2, 0) is 16.6 Å². The van der Waals surface area contributed by atoms with Gasteiger partial charge in [0.05, 0.1) is 4.90 Å². The minimum absolute atomic E-state index is 0.0933. The Labute approximate surface area is 170 Å². The Morgan fingerprint density at radius 1 is 0.966 bits per heavy atom. The summed E-state index contributed by atoms with van der Waals surface area (Å²) in [5, 5.41) is 0. The summed E-state index contributed by atoms with van der Waals surface area (Å²) in [6, 6.07) is 18.8. The molecule has 1 saturated carbocycles. The van der Waals surface area contributed by atoms with Gasteiger partial charge in [0.15, 0.2) is 0 Å². The summed E-state index contributed by atoms with van der Waals surface area (Å²) in [5.41, 5.74) is 1.99. The van der Waals surface area contributed by atoms with Gasteiger partial charge >= 0.3 is 0 Å². The predicted molar refractivity (Wildman–Crippen MR) is 111 cm³/mol.